The van der Waals surface area contributed by atoms with Crippen LogP contribution >= 0.6 is 79.4 Å². The van der Waals surface area contributed by atoms with Crippen LogP contribution in [0.2, 0.25) is 0 Å². The van der Waals surface area contributed by atoms with E-state index in [0.29, 0.717) is 4.90 Å². The van der Waals surface area contributed by atoms with E-state index < -0.39 is 39.9 Å². The van der Waals surface area contributed by atoms with Gasteiger partial charge in [0.25, 0.3) is 10.1 Å². The van der Waals surface area contributed by atoms with Gasteiger partial charge in [0.1, 0.15) is 10.1 Å². The predicted molar refractivity (Wildman–Crippen MR) is 463 cm³/mol. The zero-order chi connectivity index (χ0) is 79.4. The van der Waals surface area contributed by atoms with Crippen molar-refractivity contribution in [1.29, 1.82) is 0 Å². The Morgan fingerprint density at radius 2 is 0.640 bits per heavy atom. The first-order valence-corrected chi connectivity index (χ1v) is 47.7. The minimum absolute atomic E-state index is 0.0666. The third-order valence-corrected chi connectivity index (χ3v) is 30.7. The summed E-state index contributed by atoms with van der Waals surface area (Å²) in [5, 5.41) is 4.55. The lowest BCUT2D eigenvalue weighted by Gasteiger charge is -2.18. The quantitative estimate of drug-likeness (QED) is 0.0493. The molecule has 0 aliphatic carbocycles. The molecule has 11 aromatic rings. The van der Waals surface area contributed by atoms with Gasteiger partial charge in [-0.05, 0) is 196 Å². The summed E-state index contributed by atoms with van der Waals surface area (Å²) in [5.41, 5.74) is 9.80. The normalized spacial score (nSPS) is 14.5. The Balaban J connectivity index is 0.000000221. The van der Waals surface area contributed by atoms with Crippen molar-refractivity contribution in [1.82, 2.24) is 39.2 Å². The highest BCUT2D eigenvalue weighted by atomic mass is 32.2. The molecule has 4 aliphatic heterocycles. The van der Waals surface area contributed by atoms with E-state index in [2.05, 4.69) is 194 Å². The molecule has 586 valence electrons. The van der Waals surface area contributed by atoms with E-state index in [1.165, 1.54) is 111 Å². The number of hydrogen-bond acceptors (Lipinski definition) is 24. The van der Waals surface area contributed by atoms with Crippen LogP contribution in [0.3, 0.4) is 0 Å². The Bertz CT molecular complexity index is 5070. The Labute approximate surface area is 682 Å². The molecule has 0 spiro atoms. The molecule has 0 saturated heterocycles. The van der Waals surface area contributed by atoms with Crippen LogP contribution in [0, 0.1) is 27.7 Å². The minimum Gasteiger partial charge on any atom is -0.774 e. The summed E-state index contributed by atoms with van der Waals surface area (Å²) in [4.78, 5) is 35.7. The van der Waals surface area contributed by atoms with Gasteiger partial charge in [0, 0.05) is 174 Å². The van der Waals surface area contributed by atoms with Gasteiger partial charge in [-0.25, -0.2) is 16.8 Å². The number of sulfone groups is 1. The molecule has 18 nitrogen and oxygen atoms in total. The molecule has 111 heavy (non-hydrogen) atoms. The van der Waals surface area contributed by atoms with Gasteiger partial charge in [0.15, 0.2) is 9.84 Å². The third kappa shape index (κ3) is 23.8. The van der Waals surface area contributed by atoms with Crippen molar-refractivity contribution in [3.8, 4) is 58.5 Å². The molecule has 0 fully saturated rings. The lowest BCUT2D eigenvalue weighted by molar-refractivity contribution is 0.299. The highest BCUT2D eigenvalue weighted by Gasteiger charge is 2.24. The highest BCUT2D eigenvalue weighted by molar-refractivity contribution is 7.95. The number of hydrogen-bond donors (Lipinski definition) is 1. The SMILES string of the molecule is C=S(=O)([O-])c1ccc(C)cc1.CN1C=CN(CCc2ccsc2-c2ccc(-c3sc(-c4ccc(-c5cc(CCN6C=CN(C)C6)c(-c6ccc(-c7sccc7CCN7C=CN(C)C7)s6)s5)s4)cc3CCN3C=CN(C)C3)s2)C1.Cc1ccc(S(=O)(=O)O)cc1.Cc1ccc(S(=O)(=O)[O-])cc1.Cc1ccc(S(C)(=O)=O)cc1. The molecule has 15 rings (SSSR count). The molecular formula is C82H90N8O10S11-2. The largest absolute Gasteiger partial charge is 0.774 e. The summed E-state index contributed by atoms with van der Waals surface area (Å²) in [5.74, 6) is 3.04. The predicted octanol–water partition coefficient (Wildman–Crippen LogP) is 17.7. The monoisotopic (exact) mass is 1700 g/mol. The molecule has 0 bridgehead atoms. The van der Waals surface area contributed by atoms with Crippen LogP contribution in [-0.4, -0.2) is 175 Å². The lowest BCUT2D eigenvalue weighted by Crippen LogP contribution is -2.24. The van der Waals surface area contributed by atoms with Gasteiger partial charge in [-0.2, -0.15) is 8.42 Å². The van der Waals surface area contributed by atoms with Crippen molar-refractivity contribution >= 4 is 125 Å². The zero-order valence-corrected chi connectivity index (χ0v) is 72.1. The number of nitrogens with zero attached hydrogens (tertiary/aromatic N) is 8. The van der Waals surface area contributed by atoms with Gasteiger partial charge >= 0.3 is 0 Å². The van der Waals surface area contributed by atoms with E-state index in [1.54, 1.807) is 72.8 Å². The van der Waals surface area contributed by atoms with Gasteiger partial charge in [0.2, 0.25) is 0 Å². The Kier molecular flexibility index (Phi) is 28.1. The first-order valence-electron chi connectivity index (χ1n) is 35.4. The van der Waals surface area contributed by atoms with E-state index >= 15 is 0 Å². The van der Waals surface area contributed by atoms with Crippen LogP contribution < -0.4 is 0 Å². The van der Waals surface area contributed by atoms with Gasteiger partial charge in [-0.1, -0.05) is 86.5 Å². The van der Waals surface area contributed by atoms with Crippen LogP contribution in [0.4, 0.5) is 0 Å². The van der Waals surface area contributed by atoms with Crippen molar-refractivity contribution in [2.45, 2.75) is 73.0 Å². The fourth-order valence-electron chi connectivity index (χ4n) is 12.1. The summed E-state index contributed by atoms with van der Waals surface area (Å²) < 4.78 is 104. The van der Waals surface area contributed by atoms with Crippen LogP contribution in [0.1, 0.15) is 44.5 Å². The molecule has 1 N–H and O–H groups in total. The maximum Gasteiger partial charge on any atom is 0.294 e. The Morgan fingerprint density at radius 1 is 0.351 bits per heavy atom. The fraction of sp³-hybridized carbons (Fsp3) is 0.256. The second-order valence-corrected chi connectivity index (χ2v) is 41.3. The van der Waals surface area contributed by atoms with Gasteiger partial charge < -0.3 is 48.3 Å². The summed E-state index contributed by atoms with van der Waals surface area (Å²) in [6.45, 7) is 15.4. The number of benzene rings is 4. The van der Waals surface area contributed by atoms with Crippen molar-refractivity contribution in [2.24, 2.45) is 0 Å². The number of aryl methyl sites for hydroxylation is 4. The van der Waals surface area contributed by atoms with Crippen molar-refractivity contribution in [3.63, 3.8) is 0 Å². The highest BCUT2D eigenvalue weighted by Crippen LogP contribution is 2.50. The fourth-order valence-corrected chi connectivity index (χ4v) is 22.4. The zero-order valence-electron chi connectivity index (χ0n) is 63.2. The topological polar surface area (TPSA) is 212 Å². The van der Waals surface area contributed by atoms with E-state index in [1.807, 2.05) is 107 Å². The van der Waals surface area contributed by atoms with Crippen LogP contribution in [-0.2, 0) is 65.6 Å². The second kappa shape index (κ2) is 37.2. The molecule has 7 aromatic heterocycles. The van der Waals surface area contributed by atoms with E-state index in [9.17, 15) is 38.6 Å². The molecular weight excluding hydrogens is 1610 g/mol. The molecule has 1 atom stereocenters. The maximum atomic E-state index is 10.9. The van der Waals surface area contributed by atoms with Gasteiger partial charge in [-0.15, -0.1) is 79.4 Å². The van der Waals surface area contributed by atoms with Crippen molar-refractivity contribution < 1.29 is 43.1 Å². The summed E-state index contributed by atoms with van der Waals surface area (Å²) in [7, 11) is -5.99. The van der Waals surface area contributed by atoms with Gasteiger partial charge in [-0.3, -0.25) is 8.76 Å². The standard InChI is InChI=1S/C52H56N8S7.2C8H10O2S.2C7H8O3S/c1-53-21-25-57(33-53)17-11-37-15-29-61-49(37)43-7-9-45(64-43)51-39(13-19-59-27-23-55(3)35-59)31-47(66-51)41-5-6-42(63-41)48-32-40(14-20-60-28-24-56(4)36-60)52(67-48)46-10-8-44(65-46)50-38(16-30-62-50)12-18-58-26-22-54(2)34-58;2*1-7-3-5-8(6-4-7)11(2,9)10;2*1-6-2-4-7(5-3-6)11(8,9)10/h5-10,15-16,21-32H,11-14,17-20,33-36H2,1-4H3;3-6H,1-2H3;3-6H,2H2,1H3,(H,9,10);2*2-5H,1H3,(H,8,9,10)/p-2. The van der Waals surface area contributed by atoms with E-state index in [-0.39, 0.29) is 14.7 Å². The minimum atomic E-state index is -4.27. The molecule has 0 amide bonds. The molecule has 1 unspecified atom stereocenters. The molecule has 0 saturated carbocycles. The lowest BCUT2D eigenvalue weighted by atomic mass is 10.1. The number of thiophene rings is 7. The first-order chi connectivity index (χ1) is 52.7. The molecule has 29 heteroatoms. The maximum absolute atomic E-state index is 10.9. The summed E-state index contributed by atoms with van der Waals surface area (Å²) in [6, 6.07) is 49.1. The van der Waals surface area contributed by atoms with Crippen molar-refractivity contribution in [3.05, 3.63) is 263 Å². The van der Waals surface area contributed by atoms with E-state index in [4.69, 9.17) is 4.55 Å². The van der Waals surface area contributed by atoms with Crippen molar-refractivity contribution in [2.75, 3.05) is 87.3 Å². The second-order valence-electron chi connectivity index (χ2n) is 27.6. The molecule has 11 heterocycles. The molecule has 4 aliphatic rings. The summed E-state index contributed by atoms with van der Waals surface area (Å²) in [6.07, 6.45) is 23.0. The average Bonchev–Trinajstić information content (AvgIpc) is 1.63. The third-order valence-electron chi connectivity index (χ3n) is 18.2. The average molecular weight is 1700 g/mol. The molecule has 0 radical (unpaired) electrons. The van der Waals surface area contributed by atoms with Crippen LogP contribution in [0.5, 0.6) is 0 Å². The first kappa shape index (κ1) is 83.8. The smallest absolute Gasteiger partial charge is 0.294 e. The van der Waals surface area contributed by atoms with E-state index in [0.717, 1.165) is 101 Å². The van der Waals surface area contributed by atoms with Crippen LogP contribution in [0.15, 0.2) is 238 Å². The Morgan fingerprint density at radius 3 is 0.937 bits per heavy atom. The summed E-state index contributed by atoms with van der Waals surface area (Å²) >= 11 is 13.6. The van der Waals surface area contributed by atoms with Crippen LogP contribution in [0.25, 0.3) is 58.5 Å². The van der Waals surface area contributed by atoms with Gasteiger partial charge in [0.05, 0.1) is 41.4 Å². The Hall–Kier alpha value is -8.11. The number of rotatable bonds is 22. The molecule has 4 aromatic carbocycles.